The van der Waals surface area contributed by atoms with Crippen LogP contribution in [0.5, 0.6) is 5.75 Å². The summed E-state index contributed by atoms with van der Waals surface area (Å²) >= 11 is 12.1. The number of hydrogen-bond acceptors (Lipinski definition) is 2. The van der Waals surface area contributed by atoms with Crippen LogP contribution in [0.15, 0.2) is 12.1 Å². The van der Waals surface area contributed by atoms with Crippen LogP contribution in [-0.4, -0.2) is 12.1 Å². The summed E-state index contributed by atoms with van der Waals surface area (Å²) in [6.45, 7) is 0.435. The normalized spacial score (nSPS) is 10.9. The zero-order valence-electron chi connectivity index (χ0n) is 8.10. The Morgan fingerprint density at radius 3 is 2.73 bits per heavy atom. The predicted molar refractivity (Wildman–Crippen MR) is 62.8 cm³/mol. The highest BCUT2D eigenvalue weighted by atomic mass is 35.5. The molecule has 1 aromatic heterocycles. The highest BCUT2D eigenvalue weighted by Gasteiger charge is 2.13. The number of rotatable bonds is 2. The Balaban J connectivity index is 2.76. The largest absolute Gasteiger partial charge is 0.494 e. The Bertz CT molecular complexity index is 508. The number of ether oxygens (including phenoxy) is 1. The minimum atomic E-state index is 0.435. The van der Waals surface area contributed by atoms with Crippen molar-refractivity contribution in [2.75, 3.05) is 7.11 Å². The summed E-state index contributed by atoms with van der Waals surface area (Å²) < 4.78 is 5.11. The van der Waals surface area contributed by atoms with Gasteiger partial charge in [-0.05, 0) is 12.1 Å². The molecule has 0 fully saturated rings. The Morgan fingerprint density at radius 1 is 1.40 bits per heavy atom. The van der Waals surface area contributed by atoms with Crippen molar-refractivity contribution < 1.29 is 4.74 Å². The molecule has 0 saturated heterocycles. The van der Waals surface area contributed by atoms with Gasteiger partial charge in [0.25, 0.3) is 0 Å². The second-order valence-corrected chi connectivity index (χ2v) is 3.95. The van der Waals surface area contributed by atoms with E-state index in [1.807, 2.05) is 6.07 Å². The summed E-state index contributed by atoms with van der Waals surface area (Å²) in [5.41, 5.74) is 7.25. The van der Waals surface area contributed by atoms with Crippen LogP contribution in [0, 0.1) is 0 Å². The molecule has 0 radical (unpaired) electrons. The maximum Gasteiger partial charge on any atom is 0.158 e. The van der Waals surface area contributed by atoms with Gasteiger partial charge in [0.1, 0.15) is 5.02 Å². The number of H-pyrrole nitrogens is 1. The number of nitrogens with one attached hydrogen (secondary N) is 1. The summed E-state index contributed by atoms with van der Waals surface area (Å²) in [6.07, 6.45) is 0. The van der Waals surface area contributed by atoms with Gasteiger partial charge in [-0.1, -0.05) is 23.2 Å². The first-order chi connectivity index (χ1) is 7.17. The van der Waals surface area contributed by atoms with E-state index in [1.165, 1.54) is 7.11 Å². The van der Waals surface area contributed by atoms with Crippen LogP contribution in [0.4, 0.5) is 0 Å². The van der Waals surface area contributed by atoms with Gasteiger partial charge in [0.05, 0.1) is 17.6 Å². The fourth-order valence-corrected chi connectivity index (χ4v) is 2.21. The summed E-state index contributed by atoms with van der Waals surface area (Å²) in [6, 6.07) is 3.73. The lowest BCUT2D eigenvalue weighted by Crippen LogP contribution is -1.95. The first kappa shape index (κ1) is 10.6. The predicted octanol–water partition coefficient (Wildman–Crippen LogP) is 2.94. The molecule has 5 heteroatoms. The van der Waals surface area contributed by atoms with Gasteiger partial charge in [0.15, 0.2) is 5.75 Å². The molecule has 1 heterocycles. The lowest BCUT2D eigenvalue weighted by atomic mass is 10.2. The van der Waals surface area contributed by atoms with Crippen molar-refractivity contribution in [2.45, 2.75) is 6.54 Å². The number of methoxy groups -OCH3 is 1. The molecule has 0 saturated carbocycles. The number of fused-ring (bicyclic) bond motifs is 1. The maximum atomic E-state index is 6.14. The topological polar surface area (TPSA) is 51.0 Å². The summed E-state index contributed by atoms with van der Waals surface area (Å²) in [5.74, 6) is 0.483. The number of aromatic amines is 1. The van der Waals surface area contributed by atoms with E-state index in [1.54, 1.807) is 6.07 Å². The first-order valence-electron chi connectivity index (χ1n) is 4.41. The highest BCUT2D eigenvalue weighted by molar-refractivity contribution is 6.40. The molecular formula is C10H10Cl2N2O. The second-order valence-electron chi connectivity index (χ2n) is 3.17. The fourth-order valence-electron chi connectivity index (χ4n) is 1.54. The molecule has 0 amide bonds. The van der Waals surface area contributed by atoms with Crippen LogP contribution < -0.4 is 10.5 Å². The Labute approximate surface area is 97.1 Å². The Hall–Kier alpha value is -0.900. The zero-order chi connectivity index (χ0) is 11.0. The van der Waals surface area contributed by atoms with Crippen molar-refractivity contribution in [3.63, 3.8) is 0 Å². The molecule has 0 aliphatic rings. The molecule has 1 aromatic carbocycles. The van der Waals surface area contributed by atoms with Crippen LogP contribution in [0.1, 0.15) is 5.69 Å². The van der Waals surface area contributed by atoms with Crippen molar-refractivity contribution in [3.05, 3.63) is 27.9 Å². The minimum Gasteiger partial charge on any atom is -0.494 e. The van der Waals surface area contributed by atoms with Crippen LogP contribution in [0.25, 0.3) is 10.9 Å². The van der Waals surface area contributed by atoms with Crippen LogP contribution in [-0.2, 0) is 6.54 Å². The number of nitrogens with two attached hydrogens (primary N) is 1. The molecule has 0 atom stereocenters. The van der Waals surface area contributed by atoms with Crippen molar-refractivity contribution in [2.24, 2.45) is 5.73 Å². The first-order valence-corrected chi connectivity index (χ1v) is 5.16. The van der Waals surface area contributed by atoms with Gasteiger partial charge >= 0.3 is 0 Å². The summed E-state index contributed by atoms with van der Waals surface area (Å²) in [4.78, 5) is 3.12. The van der Waals surface area contributed by atoms with E-state index in [4.69, 9.17) is 33.7 Å². The molecule has 0 aliphatic heterocycles. The monoisotopic (exact) mass is 244 g/mol. The van der Waals surface area contributed by atoms with E-state index in [0.29, 0.717) is 22.3 Å². The third-order valence-corrected chi connectivity index (χ3v) is 2.89. The molecular weight excluding hydrogens is 235 g/mol. The molecule has 0 aliphatic carbocycles. The summed E-state index contributed by atoms with van der Waals surface area (Å²) in [7, 11) is 1.53. The van der Waals surface area contributed by atoms with Crippen molar-refractivity contribution in [3.8, 4) is 5.75 Å². The van der Waals surface area contributed by atoms with Gasteiger partial charge in [-0.2, -0.15) is 0 Å². The molecule has 3 N–H and O–H groups in total. The Kier molecular flexibility index (Phi) is 2.78. The molecule has 0 spiro atoms. The molecule has 0 bridgehead atoms. The third-order valence-electron chi connectivity index (χ3n) is 2.25. The highest BCUT2D eigenvalue weighted by Crippen LogP contribution is 2.38. The van der Waals surface area contributed by atoms with Crippen LogP contribution in [0.3, 0.4) is 0 Å². The molecule has 0 unspecified atom stereocenters. The van der Waals surface area contributed by atoms with Crippen molar-refractivity contribution in [1.29, 1.82) is 0 Å². The maximum absolute atomic E-state index is 6.14. The molecule has 2 rings (SSSR count). The third kappa shape index (κ3) is 1.67. The van der Waals surface area contributed by atoms with Crippen LogP contribution >= 0.6 is 23.2 Å². The van der Waals surface area contributed by atoms with Gasteiger partial charge in [0, 0.05) is 17.6 Å². The number of benzene rings is 1. The number of halogens is 2. The molecule has 3 nitrogen and oxygen atoms in total. The zero-order valence-corrected chi connectivity index (χ0v) is 9.62. The van der Waals surface area contributed by atoms with Gasteiger partial charge in [-0.15, -0.1) is 0 Å². The smallest absolute Gasteiger partial charge is 0.158 e. The Morgan fingerprint density at radius 2 is 2.13 bits per heavy atom. The quantitative estimate of drug-likeness (QED) is 0.854. The van der Waals surface area contributed by atoms with Gasteiger partial charge in [0.2, 0.25) is 0 Å². The van der Waals surface area contributed by atoms with E-state index in [-0.39, 0.29) is 0 Å². The lowest BCUT2D eigenvalue weighted by Gasteiger charge is -2.05. The SMILES string of the molecule is COc1c(Cl)cc2cc(CN)[nH]c2c1Cl. The molecule has 80 valence electrons. The van der Waals surface area contributed by atoms with Gasteiger partial charge in [-0.3, -0.25) is 0 Å². The standard InChI is InChI=1S/C10H10Cl2N2O/c1-15-10-7(11)3-5-2-6(4-13)14-9(5)8(10)12/h2-3,14H,4,13H2,1H3. The summed E-state index contributed by atoms with van der Waals surface area (Å²) in [5, 5.41) is 1.92. The average Bonchev–Trinajstić information content (AvgIpc) is 2.61. The number of hydrogen-bond donors (Lipinski definition) is 2. The second kappa shape index (κ2) is 3.93. The van der Waals surface area contributed by atoms with E-state index in [2.05, 4.69) is 4.98 Å². The van der Waals surface area contributed by atoms with Gasteiger partial charge in [-0.25, -0.2) is 0 Å². The average molecular weight is 245 g/mol. The van der Waals surface area contributed by atoms with Gasteiger partial charge < -0.3 is 15.5 Å². The van der Waals surface area contributed by atoms with Crippen LogP contribution in [0.2, 0.25) is 10.0 Å². The van der Waals surface area contributed by atoms with E-state index >= 15 is 0 Å². The molecule has 2 aromatic rings. The van der Waals surface area contributed by atoms with E-state index in [9.17, 15) is 0 Å². The fraction of sp³-hybridized carbons (Fsp3) is 0.200. The van der Waals surface area contributed by atoms with E-state index < -0.39 is 0 Å². The number of aromatic nitrogens is 1. The lowest BCUT2D eigenvalue weighted by molar-refractivity contribution is 0.416. The minimum absolute atomic E-state index is 0.435. The van der Waals surface area contributed by atoms with Crippen molar-refractivity contribution in [1.82, 2.24) is 4.98 Å². The van der Waals surface area contributed by atoms with E-state index in [0.717, 1.165) is 16.6 Å². The molecule has 15 heavy (non-hydrogen) atoms. The van der Waals surface area contributed by atoms with Crippen molar-refractivity contribution >= 4 is 34.1 Å².